The van der Waals surface area contributed by atoms with Crippen LogP contribution in [0.15, 0.2) is 84.2 Å². The fourth-order valence-corrected chi connectivity index (χ4v) is 5.02. The van der Waals surface area contributed by atoms with Crippen molar-refractivity contribution in [1.82, 2.24) is 9.38 Å². The topological polar surface area (TPSA) is 62.1 Å². The highest BCUT2D eigenvalue weighted by Crippen LogP contribution is 2.29. The summed E-state index contributed by atoms with van der Waals surface area (Å²) in [5, 5.41) is 0. The molecule has 0 aliphatic heterocycles. The Morgan fingerprint density at radius 3 is 2.56 bits per heavy atom. The van der Waals surface area contributed by atoms with Crippen LogP contribution in [0.2, 0.25) is 0 Å². The van der Waals surface area contributed by atoms with Crippen LogP contribution in [-0.4, -0.2) is 29.2 Å². The van der Waals surface area contributed by atoms with Gasteiger partial charge in [-0.3, -0.25) is 4.79 Å². The largest absolute Gasteiger partial charge is 0.490 e. The lowest BCUT2D eigenvalue weighted by molar-refractivity contribution is 0.207. The van der Waals surface area contributed by atoms with Gasteiger partial charge >= 0.3 is 0 Å². The molecule has 0 aliphatic carbocycles. The van der Waals surface area contributed by atoms with Crippen LogP contribution < -0.4 is 24.3 Å². The maximum absolute atomic E-state index is 13.1. The molecule has 2 aromatic heterocycles. The Hall–Kier alpha value is -4.10. The third-order valence-corrected chi connectivity index (χ3v) is 6.61. The molecule has 5 aromatic rings. The number of benzene rings is 3. The maximum atomic E-state index is 13.1. The number of nitrogens with zero attached hydrogens (tertiary/aromatic N) is 2. The summed E-state index contributed by atoms with van der Waals surface area (Å²) in [5.74, 6) is 2.09. The van der Waals surface area contributed by atoms with Gasteiger partial charge in [0.25, 0.3) is 5.56 Å². The number of fused-ring (bicyclic) bond motifs is 3. The molecule has 0 saturated carbocycles. The highest BCUT2D eigenvalue weighted by molar-refractivity contribution is 7.15. The predicted molar refractivity (Wildman–Crippen MR) is 145 cm³/mol. The minimum atomic E-state index is -0.0733. The Labute approximate surface area is 212 Å². The average Bonchev–Trinajstić information content (AvgIpc) is 3.40. The smallest absolute Gasteiger partial charge is 0.274 e. The second-order valence-electron chi connectivity index (χ2n) is 8.07. The van der Waals surface area contributed by atoms with Crippen molar-refractivity contribution in [3.8, 4) is 17.2 Å². The standard InChI is InChI=1S/C29H26N2O4S/c1-3-9-21-10-5-8-13-24(21)34-16-17-35-25-15-14-20(18-26(25)33-4-2)19-27-28(32)31-23-12-7-6-11-22(23)30-29(31)36-27/h3,5-8,10-15,18-19H,1,4,9,16-17H2,2H3. The van der Waals surface area contributed by atoms with Gasteiger partial charge in [0.2, 0.25) is 0 Å². The molecule has 2 heterocycles. The lowest BCUT2D eigenvalue weighted by Gasteiger charge is -2.14. The Balaban J connectivity index is 1.33. The second kappa shape index (κ2) is 10.7. The van der Waals surface area contributed by atoms with Crippen molar-refractivity contribution >= 4 is 33.4 Å². The molecule has 6 nitrogen and oxygen atoms in total. The van der Waals surface area contributed by atoms with Crippen LogP contribution >= 0.6 is 11.3 Å². The molecule has 36 heavy (non-hydrogen) atoms. The van der Waals surface area contributed by atoms with E-state index in [0.29, 0.717) is 40.8 Å². The number of thiazole rings is 1. The van der Waals surface area contributed by atoms with E-state index in [4.69, 9.17) is 14.2 Å². The molecule has 182 valence electrons. The van der Waals surface area contributed by atoms with Crippen molar-refractivity contribution in [1.29, 1.82) is 0 Å². The number of ether oxygens (including phenoxy) is 3. The molecule has 5 rings (SSSR count). The molecule has 0 atom stereocenters. The van der Waals surface area contributed by atoms with E-state index < -0.39 is 0 Å². The molecule has 0 N–H and O–H groups in total. The third kappa shape index (κ3) is 4.83. The van der Waals surface area contributed by atoms with Gasteiger partial charge in [-0.25, -0.2) is 9.38 Å². The molecule has 0 fully saturated rings. The van der Waals surface area contributed by atoms with E-state index in [1.54, 1.807) is 4.40 Å². The first kappa shape index (κ1) is 23.6. The van der Waals surface area contributed by atoms with Gasteiger partial charge in [-0.2, -0.15) is 0 Å². The van der Waals surface area contributed by atoms with Crippen molar-refractivity contribution in [3.63, 3.8) is 0 Å². The molecule has 7 heteroatoms. The molecule has 0 spiro atoms. The minimum absolute atomic E-state index is 0.0733. The average molecular weight is 499 g/mol. The van der Waals surface area contributed by atoms with E-state index in [9.17, 15) is 4.79 Å². The van der Waals surface area contributed by atoms with Crippen LogP contribution in [0.4, 0.5) is 0 Å². The van der Waals surface area contributed by atoms with Crippen molar-refractivity contribution in [2.45, 2.75) is 13.3 Å². The van der Waals surface area contributed by atoms with E-state index in [2.05, 4.69) is 11.6 Å². The number of imidazole rings is 1. The van der Waals surface area contributed by atoms with Crippen molar-refractivity contribution < 1.29 is 14.2 Å². The number of para-hydroxylation sites is 3. The Bertz CT molecular complexity index is 1640. The number of aromatic nitrogens is 2. The third-order valence-electron chi connectivity index (χ3n) is 5.65. The summed E-state index contributed by atoms with van der Waals surface area (Å²) in [6, 6.07) is 21.2. The van der Waals surface area contributed by atoms with Crippen LogP contribution in [0.25, 0.3) is 22.1 Å². The van der Waals surface area contributed by atoms with Crippen LogP contribution in [0.1, 0.15) is 18.1 Å². The SMILES string of the molecule is C=CCc1ccccc1OCCOc1ccc(C=c2sc3nc4ccccc4n3c2=O)cc1OCC. The van der Waals surface area contributed by atoms with Gasteiger partial charge in [0.15, 0.2) is 16.5 Å². The molecule has 0 unspecified atom stereocenters. The molecule has 3 aromatic carbocycles. The Kier molecular flexibility index (Phi) is 7.00. The maximum Gasteiger partial charge on any atom is 0.274 e. The number of hydrogen-bond acceptors (Lipinski definition) is 6. The summed E-state index contributed by atoms with van der Waals surface area (Å²) in [6.45, 7) is 6.99. The molecule has 0 amide bonds. The molecule has 0 saturated heterocycles. The zero-order valence-corrected chi connectivity index (χ0v) is 20.8. The first-order valence-corrected chi connectivity index (χ1v) is 12.6. The van der Waals surface area contributed by atoms with E-state index in [1.165, 1.54) is 11.3 Å². The first-order chi connectivity index (χ1) is 17.7. The molecular weight excluding hydrogens is 472 g/mol. The van der Waals surface area contributed by atoms with Gasteiger partial charge in [0, 0.05) is 0 Å². The first-order valence-electron chi connectivity index (χ1n) is 11.8. The Morgan fingerprint density at radius 2 is 1.72 bits per heavy atom. The lowest BCUT2D eigenvalue weighted by Crippen LogP contribution is -2.22. The fraction of sp³-hybridized carbons (Fsp3) is 0.172. The van der Waals surface area contributed by atoms with Crippen molar-refractivity contribution in [2.75, 3.05) is 19.8 Å². The van der Waals surface area contributed by atoms with Gasteiger partial charge in [-0.05, 0) is 60.9 Å². The number of hydrogen-bond donors (Lipinski definition) is 0. The van der Waals surface area contributed by atoms with Crippen LogP contribution in [-0.2, 0) is 6.42 Å². The summed E-state index contributed by atoms with van der Waals surface area (Å²) in [5.41, 5.74) is 3.51. The Morgan fingerprint density at radius 1 is 0.944 bits per heavy atom. The highest BCUT2D eigenvalue weighted by atomic mass is 32.1. The second-order valence-corrected chi connectivity index (χ2v) is 9.08. The highest BCUT2D eigenvalue weighted by Gasteiger charge is 2.12. The summed E-state index contributed by atoms with van der Waals surface area (Å²) >= 11 is 1.38. The zero-order chi connectivity index (χ0) is 24.9. The summed E-state index contributed by atoms with van der Waals surface area (Å²) in [6.07, 6.45) is 4.47. The van der Waals surface area contributed by atoms with Gasteiger partial charge in [0.1, 0.15) is 19.0 Å². The van der Waals surface area contributed by atoms with Gasteiger partial charge in [0.05, 0.1) is 22.2 Å². The summed E-state index contributed by atoms with van der Waals surface area (Å²) in [7, 11) is 0. The summed E-state index contributed by atoms with van der Waals surface area (Å²) in [4.78, 5) is 18.3. The van der Waals surface area contributed by atoms with Gasteiger partial charge in [-0.1, -0.05) is 53.8 Å². The number of allylic oxidation sites excluding steroid dienone is 1. The van der Waals surface area contributed by atoms with Gasteiger partial charge < -0.3 is 14.2 Å². The van der Waals surface area contributed by atoms with E-state index in [-0.39, 0.29) is 5.56 Å². The zero-order valence-electron chi connectivity index (χ0n) is 20.0. The van der Waals surface area contributed by atoms with Crippen molar-refractivity contribution in [3.05, 3.63) is 105 Å². The number of rotatable bonds is 10. The van der Waals surface area contributed by atoms with E-state index >= 15 is 0 Å². The predicted octanol–water partition coefficient (Wildman–Crippen LogP) is 5.04. The lowest BCUT2D eigenvalue weighted by atomic mass is 10.1. The molecule has 0 radical (unpaired) electrons. The van der Waals surface area contributed by atoms with Gasteiger partial charge in [-0.15, -0.1) is 6.58 Å². The van der Waals surface area contributed by atoms with Crippen molar-refractivity contribution in [2.24, 2.45) is 0 Å². The quantitative estimate of drug-likeness (QED) is 0.199. The fourth-order valence-electron chi connectivity index (χ4n) is 4.04. The van der Waals surface area contributed by atoms with Crippen LogP contribution in [0.5, 0.6) is 17.2 Å². The summed E-state index contributed by atoms with van der Waals surface area (Å²) < 4.78 is 20.0. The monoisotopic (exact) mass is 498 g/mol. The molecular formula is C29H26N2O4S. The van der Waals surface area contributed by atoms with E-state index in [0.717, 1.165) is 34.3 Å². The molecule has 0 aliphatic rings. The van der Waals surface area contributed by atoms with Crippen LogP contribution in [0, 0.1) is 0 Å². The van der Waals surface area contributed by atoms with Crippen LogP contribution in [0.3, 0.4) is 0 Å². The minimum Gasteiger partial charge on any atom is -0.490 e. The van der Waals surface area contributed by atoms with E-state index in [1.807, 2.05) is 85.8 Å². The molecule has 0 bridgehead atoms. The normalized spacial score (nSPS) is 11.8.